The Kier molecular flexibility index (Phi) is 3.16. The molecule has 1 amide bonds. The number of nitrogens with zero attached hydrogens (tertiary/aromatic N) is 2. The van der Waals surface area contributed by atoms with Gasteiger partial charge in [-0.1, -0.05) is 0 Å². The molecule has 0 aromatic carbocycles. The number of hydrogen-bond acceptors (Lipinski definition) is 3. The first-order chi connectivity index (χ1) is 9.56. The van der Waals surface area contributed by atoms with Crippen LogP contribution in [0.5, 0.6) is 0 Å². The van der Waals surface area contributed by atoms with E-state index in [0.29, 0.717) is 30.4 Å². The quantitative estimate of drug-likeness (QED) is 0.790. The van der Waals surface area contributed by atoms with Crippen molar-refractivity contribution in [1.82, 2.24) is 9.88 Å². The highest BCUT2D eigenvalue weighted by Crippen LogP contribution is 2.30. The van der Waals surface area contributed by atoms with Crippen LogP contribution < -0.4 is 0 Å². The zero-order valence-electron chi connectivity index (χ0n) is 10.9. The van der Waals surface area contributed by atoms with E-state index >= 15 is 0 Å². The van der Waals surface area contributed by atoms with E-state index in [0.717, 1.165) is 6.42 Å². The van der Waals surface area contributed by atoms with Crippen LogP contribution >= 0.6 is 0 Å². The molecule has 0 aliphatic carbocycles. The number of amides is 1. The van der Waals surface area contributed by atoms with Gasteiger partial charge in [-0.15, -0.1) is 0 Å². The Labute approximate surface area is 115 Å². The average molecular weight is 278 g/mol. The molecule has 2 aliphatic rings. The van der Waals surface area contributed by atoms with Gasteiger partial charge in [0.1, 0.15) is 0 Å². The van der Waals surface area contributed by atoms with Crippen molar-refractivity contribution in [3.63, 3.8) is 0 Å². The maximum atomic E-state index is 13.2. The minimum Gasteiger partial charge on any atom is -0.481 e. The van der Waals surface area contributed by atoms with Crippen LogP contribution in [-0.2, 0) is 11.2 Å². The van der Waals surface area contributed by atoms with E-state index in [4.69, 9.17) is 5.11 Å². The smallest absolute Gasteiger partial charge is 0.308 e. The average Bonchev–Trinajstić information content (AvgIpc) is 2.56. The molecule has 1 fully saturated rings. The van der Waals surface area contributed by atoms with Crippen LogP contribution in [0.4, 0.5) is 4.39 Å². The van der Waals surface area contributed by atoms with Crippen LogP contribution in [0.1, 0.15) is 35.2 Å². The first-order valence-electron chi connectivity index (χ1n) is 6.74. The minimum atomic E-state index is -0.863. The fourth-order valence-electron chi connectivity index (χ4n) is 3.12. The molecule has 3 rings (SSSR count). The fourth-order valence-corrected chi connectivity index (χ4v) is 3.12. The van der Waals surface area contributed by atoms with Crippen molar-refractivity contribution in [2.45, 2.75) is 31.7 Å². The van der Waals surface area contributed by atoms with E-state index in [1.54, 1.807) is 4.90 Å². The topological polar surface area (TPSA) is 70.5 Å². The van der Waals surface area contributed by atoms with Gasteiger partial charge in [-0.05, 0) is 37.3 Å². The summed E-state index contributed by atoms with van der Waals surface area (Å²) in [6.45, 7) is 0.232. The summed E-state index contributed by atoms with van der Waals surface area (Å²) in [5, 5.41) is 9.12. The summed E-state index contributed by atoms with van der Waals surface area (Å²) < 4.78 is 13.2. The molecule has 2 atom stereocenters. The molecule has 0 saturated carbocycles. The number of piperidine rings is 1. The molecule has 0 unspecified atom stereocenters. The summed E-state index contributed by atoms with van der Waals surface area (Å²) in [6, 6.07) is 1.36. The van der Waals surface area contributed by atoms with E-state index in [1.165, 1.54) is 12.3 Å². The minimum absolute atomic E-state index is 0.0496. The third kappa shape index (κ3) is 2.15. The van der Waals surface area contributed by atoms with Crippen LogP contribution in [-0.4, -0.2) is 39.5 Å². The predicted molar refractivity (Wildman–Crippen MR) is 67.7 cm³/mol. The van der Waals surface area contributed by atoms with Gasteiger partial charge in [0, 0.05) is 18.8 Å². The second-order valence-corrected chi connectivity index (χ2v) is 5.43. The third-order valence-corrected chi connectivity index (χ3v) is 4.25. The van der Waals surface area contributed by atoms with E-state index in [1.807, 2.05) is 0 Å². The molecule has 2 aliphatic heterocycles. The second-order valence-electron chi connectivity index (χ2n) is 5.43. The number of aliphatic carboxylic acids is 1. The number of carboxylic acid groups (broad SMARTS) is 1. The van der Waals surface area contributed by atoms with Crippen molar-refractivity contribution >= 4 is 11.9 Å². The number of pyridine rings is 1. The van der Waals surface area contributed by atoms with Gasteiger partial charge in [0.15, 0.2) is 0 Å². The first-order valence-corrected chi connectivity index (χ1v) is 6.74. The Bertz CT molecular complexity index is 576. The highest BCUT2D eigenvalue weighted by Gasteiger charge is 2.37. The van der Waals surface area contributed by atoms with Gasteiger partial charge in [0.05, 0.1) is 11.5 Å². The van der Waals surface area contributed by atoms with Gasteiger partial charge in [0.2, 0.25) is 5.95 Å². The lowest BCUT2D eigenvalue weighted by Gasteiger charge is -2.37. The molecule has 0 spiro atoms. The molecule has 20 heavy (non-hydrogen) atoms. The highest BCUT2D eigenvalue weighted by atomic mass is 19.1. The van der Waals surface area contributed by atoms with Gasteiger partial charge in [0.25, 0.3) is 5.91 Å². The Morgan fingerprint density at radius 3 is 2.95 bits per heavy atom. The van der Waals surface area contributed by atoms with E-state index in [9.17, 15) is 14.0 Å². The molecule has 1 aromatic heterocycles. The maximum absolute atomic E-state index is 13.2. The van der Waals surface area contributed by atoms with Crippen LogP contribution in [0.3, 0.4) is 0 Å². The zero-order chi connectivity index (χ0) is 14.3. The van der Waals surface area contributed by atoms with E-state index in [2.05, 4.69) is 4.98 Å². The molecule has 1 aromatic rings. The normalized spacial score (nSPS) is 25.6. The van der Waals surface area contributed by atoms with Gasteiger partial charge in [-0.2, -0.15) is 4.39 Å². The number of carboxylic acids is 1. The van der Waals surface area contributed by atoms with Crippen molar-refractivity contribution in [2.24, 2.45) is 5.92 Å². The number of carbonyl (C=O) groups is 2. The molecule has 1 saturated heterocycles. The summed E-state index contributed by atoms with van der Waals surface area (Å²) in [4.78, 5) is 28.8. The van der Waals surface area contributed by atoms with Gasteiger partial charge >= 0.3 is 5.97 Å². The molecule has 0 bridgehead atoms. The van der Waals surface area contributed by atoms with Crippen LogP contribution in [0.2, 0.25) is 0 Å². The van der Waals surface area contributed by atoms with Gasteiger partial charge in [-0.25, -0.2) is 4.98 Å². The predicted octanol–water partition coefficient (Wildman–Crippen LogP) is 1.47. The Morgan fingerprint density at radius 2 is 2.20 bits per heavy atom. The Balaban J connectivity index is 1.93. The molecule has 1 N–H and O–H groups in total. The third-order valence-electron chi connectivity index (χ3n) is 4.25. The molecule has 3 heterocycles. The number of carbonyl (C=O) groups excluding carboxylic acids is 1. The Hall–Kier alpha value is -1.98. The van der Waals surface area contributed by atoms with E-state index in [-0.39, 0.29) is 18.5 Å². The number of aryl methyl sites for hydroxylation is 1. The largest absolute Gasteiger partial charge is 0.481 e. The van der Waals surface area contributed by atoms with Crippen LogP contribution in [0.15, 0.2) is 12.3 Å². The van der Waals surface area contributed by atoms with E-state index < -0.39 is 17.8 Å². The number of fused-ring (bicyclic) bond motifs is 2. The number of rotatable bonds is 1. The lowest BCUT2D eigenvalue weighted by molar-refractivity contribution is -0.143. The highest BCUT2D eigenvalue weighted by molar-refractivity contribution is 5.96. The van der Waals surface area contributed by atoms with Crippen molar-refractivity contribution < 1.29 is 19.1 Å². The maximum Gasteiger partial charge on any atom is 0.308 e. The molecule has 5 nitrogen and oxygen atoms in total. The lowest BCUT2D eigenvalue weighted by atomic mass is 9.91. The first kappa shape index (κ1) is 13.0. The van der Waals surface area contributed by atoms with Crippen molar-refractivity contribution in [3.05, 3.63) is 29.3 Å². The van der Waals surface area contributed by atoms with Crippen molar-refractivity contribution in [1.29, 1.82) is 0 Å². The number of halogens is 1. The second kappa shape index (κ2) is 4.85. The summed E-state index contributed by atoms with van der Waals surface area (Å²) in [6.07, 6.45) is 3.91. The summed E-state index contributed by atoms with van der Waals surface area (Å²) in [5.74, 6) is -2.18. The fraction of sp³-hybridized carbons (Fsp3) is 0.500. The lowest BCUT2D eigenvalue weighted by Crippen LogP contribution is -2.47. The van der Waals surface area contributed by atoms with Gasteiger partial charge in [-0.3, -0.25) is 9.59 Å². The SMILES string of the molecule is O=C(O)[C@@H]1CC[C@H]2CCc3cc(F)ncc3C(=O)N2C1. The summed E-state index contributed by atoms with van der Waals surface area (Å²) in [5.41, 5.74) is 1.07. The van der Waals surface area contributed by atoms with Crippen molar-refractivity contribution in [2.75, 3.05) is 6.54 Å². The van der Waals surface area contributed by atoms with Gasteiger partial charge < -0.3 is 10.0 Å². The standard InChI is InChI=1S/C14H15FN2O3/c15-12-5-8-1-3-10-4-2-9(14(19)20)7-17(10)13(18)11(8)6-16-12/h5-6,9-10H,1-4,7H2,(H,19,20)/t9-,10-/m1/s1. The molecule has 106 valence electrons. The molecule has 0 radical (unpaired) electrons. The summed E-state index contributed by atoms with van der Waals surface area (Å²) >= 11 is 0. The number of aromatic nitrogens is 1. The Morgan fingerprint density at radius 1 is 1.40 bits per heavy atom. The van der Waals surface area contributed by atoms with Crippen LogP contribution in [0, 0.1) is 11.9 Å². The van der Waals surface area contributed by atoms with Crippen LogP contribution in [0.25, 0.3) is 0 Å². The number of hydrogen-bond donors (Lipinski definition) is 1. The van der Waals surface area contributed by atoms with Crippen molar-refractivity contribution in [3.8, 4) is 0 Å². The monoisotopic (exact) mass is 278 g/mol. The molecule has 6 heteroatoms. The molecular formula is C14H15FN2O3. The zero-order valence-corrected chi connectivity index (χ0v) is 10.9. The summed E-state index contributed by atoms with van der Waals surface area (Å²) in [7, 11) is 0. The molecular weight excluding hydrogens is 263 g/mol.